The number of anilines is 2. The van der Waals surface area contributed by atoms with Crippen LogP contribution in [0.25, 0.3) is 10.2 Å². The quantitative estimate of drug-likeness (QED) is 0.654. The number of hydrogen-bond donors (Lipinski definition) is 2. The lowest BCUT2D eigenvalue weighted by Crippen LogP contribution is -2.12. The third kappa shape index (κ3) is 4.46. The van der Waals surface area contributed by atoms with Gasteiger partial charge in [-0.15, -0.1) is 0 Å². The van der Waals surface area contributed by atoms with Crippen LogP contribution in [0, 0.1) is 0 Å². The van der Waals surface area contributed by atoms with Gasteiger partial charge >= 0.3 is 0 Å². The van der Waals surface area contributed by atoms with Crippen molar-refractivity contribution < 1.29 is 9.59 Å². The van der Waals surface area contributed by atoms with Crippen molar-refractivity contribution in [3.63, 3.8) is 0 Å². The molecule has 6 heteroatoms. The number of benzene rings is 2. The number of carbonyl (C=O) groups excluding carboxylic acids is 2. The van der Waals surface area contributed by atoms with Gasteiger partial charge in [-0.3, -0.25) is 14.9 Å². The molecule has 1 aromatic heterocycles. The summed E-state index contributed by atoms with van der Waals surface area (Å²) in [6.07, 6.45) is 3.39. The summed E-state index contributed by atoms with van der Waals surface area (Å²) in [6.45, 7) is 3.61. The van der Waals surface area contributed by atoms with E-state index < -0.39 is 0 Å². The molecule has 2 N–H and O–H groups in total. The first-order valence-corrected chi connectivity index (χ1v) is 9.45. The van der Waals surface area contributed by atoms with Crippen molar-refractivity contribution in [1.82, 2.24) is 4.98 Å². The molecule has 0 atom stereocenters. The van der Waals surface area contributed by atoms with Crippen molar-refractivity contribution in [3.05, 3.63) is 53.6 Å². The van der Waals surface area contributed by atoms with E-state index in [1.165, 1.54) is 36.7 Å². The van der Waals surface area contributed by atoms with E-state index in [1.54, 1.807) is 24.3 Å². The number of thiazole rings is 1. The first kappa shape index (κ1) is 18.1. The summed E-state index contributed by atoms with van der Waals surface area (Å²) in [4.78, 5) is 28.1. The van der Waals surface area contributed by atoms with Gasteiger partial charge < -0.3 is 5.32 Å². The number of rotatable bonds is 6. The van der Waals surface area contributed by atoms with Gasteiger partial charge in [-0.25, -0.2) is 4.98 Å². The Labute approximate surface area is 156 Å². The molecular weight excluding hydrogens is 346 g/mol. The van der Waals surface area contributed by atoms with Crippen LogP contribution >= 0.6 is 11.3 Å². The van der Waals surface area contributed by atoms with Crippen LogP contribution in [-0.4, -0.2) is 16.8 Å². The Morgan fingerprint density at radius 3 is 2.73 bits per heavy atom. The highest BCUT2D eigenvalue weighted by Gasteiger charge is 2.11. The van der Waals surface area contributed by atoms with Gasteiger partial charge in [-0.1, -0.05) is 36.8 Å². The molecule has 26 heavy (non-hydrogen) atoms. The van der Waals surface area contributed by atoms with Crippen LogP contribution in [0.1, 0.15) is 42.6 Å². The van der Waals surface area contributed by atoms with Crippen LogP contribution in [0.5, 0.6) is 0 Å². The zero-order valence-electron chi connectivity index (χ0n) is 14.8. The third-order valence-corrected chi connectivity index (χ3v) is 4.87. The molecule has 3 aromatic rings. The van der Waals surface area contributed by atoms with Gasteiger partial charge in [0, 0.05) is 18.2 Å². The maximum atomic E-state index is 12.5. The summed E-state index contributed by atoms with van der Waals surface area (Å²) in [5.41, 5.74) is 3.25. The second-order valence-electron chi connectivity index (χ2n) is 6.14. The number of aryl methyl sites for hydroxylation is 1. The van der Waals surface area contributed by atoms with Crippen LogP contribution in [0.15, 0.2) is 42.5 Å². The molecule has 0 saturated carbocycles. The highest BCUT2D eigenvalue weighted by molar-refractivity contribution is 7.22. The van der Waals surface area contributed by atoms with E-state index in [-0.39, 0.29) is 11.8 Å². The fourth-order valence-corrected chi connectivity index (χ4v) is 3.59. The zero-order chi connectivity index (χ0) is 18.5. The summed E-state index contributed by atoms with van der Waals surface area (Å²) < 4.78 is 1.07. The summed E-state index contributed by atoms with van der Waals surface area (Å²) in [5.74, 6) is -0.421. The minimum absolute atomic E-state index is 0.174. The summed E-state index contributed by atoms with van der Waals surface area (Å²) in [5, 5.41) is 6.09. The average molecular weight is 367 g/mol. The molecule has 0 aliphatic rings. The Kier molecular flexibility index (Phi) is 5.63. The first-order valence-electron chi connectivity index (χ1n) is 8.63. The molecule has 0 fully saturated rings. The minimum atomic E-state index is -0.248. The Morgan fingerprint density at radius 2 is 1.96 bits per heavy atom. The topological polar surface area (TPSA) is 71.1 Å². The van der Waals surface area contributed by atoms with Crippen molar-refractivity contribution >= 4 is 44.2 Å². The Balaban J connectivity index is 1.75. The summed E-state index contributed by atoms with van der Waals surface area (Å²) in [6, 6.07) is 13.1. The first-order chi connectivity index (χ1) is 12.5. The number of aromatic nitrogens is 1. The molecule has 0 aliphatic heterocycles. The molecule has 5 nitrogen and oxygen atoms in total. The van der Waals surface area contributed by atoms with Crippen molar-refractivity contribution in [2.24, 2.45) is 0 Å². The van der Waals surface area contributed by atoms with Gasteiger partial charge in [-0.2, -0.15) is 0 Å². The fraction of sp³-hybridized carbons (Fsp3) is 0.250. The van der Waals surface area contributed by atoms with Crippen LogP contribution in [0.3, 0.4) is 0 Å². The number of carbonyl (C=O) groups is 2. The van der Waals surface area contributed by atoms with E-state index >= 15 is 0 Å². The predicted molar refractivity (Wildman–Crippen MR) is 107 cm³/mol. The van der Waals surface area contributed by atoms with Gasteiger partial charge in [0.25, 0.3) is 5.91 Å². The molecule has 0 unspecified atom stereocenters. The van der Waals surface area contributed by atoms with Gasteiger partial charge in [0.1, 0.15) is 0 Å². The Hall–Kier alpha value is -2.73. The number of hydrogen-bond acceptors (Lipinski definition) is 4. The molecule has 0 spiro atoms. The van der Waals surface area contributed by atoms with Crippen molar-refractivity contribution in [3.8, 4) is 0 Å². The van der Waals surface area contributed by atoms with E-state index in [0.29, 0.717) is 16.4 Å². The summed E-state index contributed by atoms with van der Waals surface area (Å²) in [7, 11) is 0. The fourth-order valence-electron chi connectivity index (χ4n) is 2.67. The largest absolute Gasteiger partial charge is 0.326 e. The van der Waals surface area contributed by atoms with E-state index in [0.717, 1.165) is 16.6 Å². The lowest BCUT2D eigenvalue weighted by atomic mass is 10.1. The van der Waals surface area contributed by atoms with Gasteiger partial charge in [-0.05, 0) is 48.7 Å². The average Bonchev–Trinajstić information content (AvgIpc) is 3.01. The lowest BCUT2D eigenvalue weighted by molar-refractivity contribution is -0.114. The standard InChI is InChI=1S/C20H21N3O2S/c1-3-4-6-14-9-10-17-18(11-14)26-20(22-17)23-19(25)15-7-5-8-16(12-15)21-13(2)24/h5,7-12H,3-4,6H2,1-2H3,(H,21,24)(H,22,23,25). The number of nitrogens with one attached hydrogen (secondary N) is 2. The maximum Gasteiger partial charge on any atom is 0.257 e. The van der Waals surface area contributed by atoms with Gasteiger partial charge in [0.05, 0.1) is 10.2 Å². The number of fused-ring (bicyclic) bond motifs is 1. The molecule has 0 bridgehead atoms. The second kappa shape index (κ2) is 8.10. The molecule has 1 heterocycles. The predicted octanol–water partition coefficient (Wildman–Crippen LogP) is 4.85. The number of unbranched alkanes of at least 4 members (excludes halogenated alkanes) is 1. The van der Waals surface area contributed by atoms with Crippen molar-refractivity contribution in [2.75, 3.05) is 10.6 Å². The van der Waals surface area contributed by atoms with Gasteiger partial charge in [0.15, 0.2) is 5.13 Å². The number of nitrogens with zero attached hydrogens (tertiary/aromatic N) is 1. The molecule has 2 aromatic carbocycles. The zero-order valence-corrected chi connectivity index (χ0v) is 15.7. The minimum Gasteiger partial charge on any atom is -0.326 e. The van der Waals surface area contributed by atoms with E-state index in [4.69, 9.17) is 0 Å². The highest BCUT2D eigenvalue weighted by Crippen LogP contribution is 2.27. The van der Waals surface area contributed by atoms with E-state index in [9.17, 15) is 9.59 Å². The van der Waals surface area contributed by atoms with Crippen LogP contribution in [0.2, 0.25) is 0 Å². The van der Waals surface area contributed by atoms with Crippen LogP contribution in [0.4, 0.5) is 10.8 Å². The lowest BCUT2D eigenvalue weighted by Gasteiger charge is -2.05. The number of amides is 2. The van der Waals surface area contributed by atoms with Gasteiger partial charge in [0.2, 0.25) is 5.91 Å². The van der Waals surface area contributed by atoms with E-state index in [1.807, 2.05) is 6.07 Å². The van der Waals surface area contributed by atoms with Crippen LogP contribution in [-0.2, 0) is 11.2 Å². The third-order valence-electron chi connectivity index (χ3n) is 3.94. The Bertz CT molecular complexity index is 949. The molecular formula is C20H21N3O2S. The van der Waals surface area contributed by atoms with Crippen molar-refractivity contribution in [2.45, 2.75) is 33.1 Å². The normalized spacial score (nSPS) is 10.7. The highest BCUT2D eigenvalue weighted by atomic mass is 32.1. The molecule has 134 valence electrons. The maximum absolute atomic E-state index is 12.5. The Morgan fingerprint density at radius 1 is 1.12 bits per heavy atom. The molecule has 0 aliphatic carbocycles. The second-order valence-corrected chi connectivity index (χ2v) is 7.17. The molecule has 0 radical (unpaired) electrons. The van der Waals surface area contributed by atoms with Crippen LogP contribution < -0.4 is 10.6 Å². The van der Waals surface area contributed by atoms with Crippen molar-refractivity contribution in [1.29, 1.82) is 0 Å². The van der Waals surface area contributed by atoms with E-state index in [2.05, 4.69) is 34.7 Å². The monoisotopic (exact) mass is 367 g/mol. The SMILES string of the molecule is CCCCc1ccc2nc(NC(=O)c3cccc(NC(C)=O)c3)sc2c1. The molecule has 0 saturated heterocycles. The summed E-state index contributed by atoms with van der Waals surface area (Å²) >= 11 is 1.47. The molecule has 3 rings (SSSR count). The smallest absolute Gasteiger partial charge is 0.257 e. The molecule has 2 amide bonds.